The molecule has 1 aliphatic rings. The Hall–Kier alpha value is -2.78. The van der Waals surface area contributed by atoms with Gasteiger partial charge in [0.25, 0.3) is 0 Å². The molecule has 4 rings (SSSR count). The normalized spacial score (nSPS) is 15.6. The van der Waals surface area contributed by atoms with Crippen molar-refractivity contribution in [2.24, 2.45) is 0 Å². The van der Waals surface area contributed by atoms with Gasteiger partial charge in [0.05, 0.1) is 26.0 Å². The van der Waals surface area contributed by atoms with Crippen molar-refractivity contribution >= 4 is 39.8 Å². The zero-order valence-electron chi connectivity index (χ0n) is 18.3. The van der Waals surface area contributed by atoms with Crippen molar-refractivity contribution in [3.63, 3.8) is 0 Å². The van der Waals surface area contributed by atoms with Crippen LogP contribution in [0.3, 0.4) is 0 Å². The molecule has 1 N–H and O–H groups in total. The number of likely N-dealkylation sites (tertiary alicyclic amines) is 1. The highest BCUT2D eigenvalue weighted by Gasteiger charge is 2.32. The standard InChI is InChI=1S/C23H26N4O3S2/c1-15-6-8-16(9-7-15)24-22-25-26-23(32-22)31-14-21(28)27-12-4-5-19(27)18-13-17(29-2)10-11-20(18)30-3/h6-11,13,19H,4-5,12,14H2,1-3H3,(H,24,25)/t19-/m0/s1. The lowest BCUT2D eigenvalue weighted by atomic mass is 10.0. The number of amides is 1. The van der Waals surface area contributed by atoms with Crippen LogP contribution in [-0.4, -0.2) is 47.5 Å². The van der Waals surface area contributed by atoms with Crippen LogP contribution in [0.15, 0.2) is 46.8 Å². The molecule has 7 nitrogen and oxygen atoms in total. The largest absolute Gasteiger partial charge is 0.497 e. The van der Waals surface area contributed by atoms with E-state index in [1.54, 1.807) is 14.2 Å². The first-order valence-corrected chi connectivity index (χ1v) is 12.2. The molecule has 9 heteroatoms. The summed E-state index contributed by atoms with van der Waals surface area (Å²) in [6.07, 6.45) is 1.87. The zero-order valence-corrected chi connectivity index (χ0v) is 20.0. The van der Waals surface area contributed by atoms with Crippen molar-refractivity contribution < 1.29 is 14.3 Å². The van der Waals surface area contributed by atoms with Crippen LogP contribution >= 0.6 is 23.1 Å². The number of carbonyl (C=O) groups is 1. The number of hydrogen-bond donors (Lipinski definition) is 1. The number of methoxy groups -OCH3 is 2. The minimum absolute atomic E-state index is 0.0127. The summed E-state index contributed by atoms with van der Waals surface area (Å²) < 4.78 is 11.7. The summed E-state index contributed by atoms with van der Waals surface area (Å²) >= 11 is 2.87. The molecule has 1 fully saturated rings. The fourth-order valence-electron chi connectivity index (χ4n) is 3.77. The Balaban J connectivity index is 1.39. The summed E-state index contributed by atoms with van der Waals surface area (Å²) in [6, 6.07) is 13.8. The van der Waals surface area contributed by atoms with E-state index in [4.69, 9.17) is 9.47 Å². The lowest BCUT2D eigenvalue weighted by Gasteiger charge is -2.26. The lowest BCUT2D eigenvalue weighted by molar-refractivity contribution is -0.129. The number of anilines is 2. The van der Waals surface area contributed by atoms with E-state index in [9.17, 15) is 4.79 Å². The first-order valence-electron chi connectivity index (χ1n) is 10.4. The van der Waals surface area contributed by atoms with Crippen LogP contribution < -0.4 is 14.8 Å². The molecule has 0 bridgehead atoms. The average Bonchev–Trinajstić information content (AvgIpc) is 3.48. The summed E-state index contributed by atoms with van der Waals surface area (Å²) in [5.41, 5.74) is 3.16. The summed E-state index contributed by atoms with van der Waals surface area (Å²) in [5.74, 6) is 1.95. The Morgan fingerprint density at radius 2 is 2.00 bits per heavy atom. The number of aromatic nitrogens is 2. The number of rotatable bonds is 8. The Morgan fingerprint density at radius 1 is 1.19 bits per heavy atom. The second-order valence-electron chi connectivity index (χ2n) is 7.51. The number of thioether (sulfide) groups is 1. The average molecular weight is 471 g/mol. The van der Waals surface area contributed by atoms with Gasteiger partial charge in [-0.05, 0) is 50.1 Å². The van der Waals surface area contributed by atoms with E-state index in [0.717, 1.165) is 46.5 Å². The van der Waals surface area contributed by atoms with Gasteiger partial charge in [-0.2, -0.15) is 0 Å². The predicted octanol–water partition coefficient (Wildman–Crippen LogP) is 5.06. The molecule has 1 atom stereocenters. The number of aryl methyl sites for hydroxylation is 1. The van der Waals surface area contributed by atoms with Gasteiger partial charge in [0.1, 0.15) is 11.5 Å². The minimum atomic E-state index is -0.0127. The van der Waals surface area contributed by atoms with Gasteiger partial charge in [-0.1, -0.05) is 40.8 Å². The highest BCUT2D eigenvalue weighted by Crippen LogP contribution is 2.39. The van der Waals surface area contributed by atoms with Crippen molar-refractivity contribution in [2.75, 3.05) is 31.8 Å². The lowest BCUT2D eigenvalue weighted by Crippen LogP contribution is -2.32. The van der Waals surface area contributed by atoms with E-state index in [2.05, 4.69) is 22.4 Å². The van der Waals surface area contributed by atoms with E-state index in [1.165, 1.54) is 28.7 Å². The SMILES string of the molecule is COc1ccc(OC)c([C@@H]2CCCN2C(=O)CSc2nnc(Nc3ccc(C)cc3)s2)c1. The first kappa shape index (κ1) is 22.4. The topological polar surface area (TPSA) is 76.6 Å². The molecular weight excluding hydrogens is 444 g/mol. The monoisotopic (exact) mass is 470 g/mol. The van der Waals surface area contributed by atoms with Gasteiger partial charge in [-0.3, -0.25) is 4.79 Å². The highest BCUT2D eigenvalue weighted by atomic mass is 32.2. The molecule has 32 heavy (non-hydrogen) atoms. The van der Waals surface area contributed by atoms with Crippen molar-refractivity contribution in [3.8, 4) is 11.5 Å². The van der Waals surface area contributed by atoms with Crippen LogP contribution in [0.5, 0.6) is 11.5 Å². The van der Waals surface area contributed by atoms with Gasteiger partial charge in [-0.15, -0.1) is 10.2 Å². The summed E-state index contributed by atoms with van der Waals surface area (Å²) in [5, 5.41) is 12.4. The Kier molecular flexibility index (Phi) is 7.16. The van der Waals surface area contributed by atoms with Gasteiger partial charge in [0.15, 0.2) is 4.34 Å². The van der Waals surface area contributed by atoms with E-state index < -0.39 is 0 Å². The molecule has 0 aliphatic carbocycles. The third-order valence-corrected chi connectivity index (χ3v) is 7.35. The molecule has 0 spiro atoms. The van der Waals surface area contributed by atoms with E-state index in [1.807, 2.05) is 47.4 Å². The molecule has 168 valence electrons. The molecule has 2 aromatic carbocycles. The fourth-order valence-corrected chi connectivity index (χ4v) is 5.43. The minimum Gasteiger partial charge on any atom is -0.497 e. The second kappa shape index (κ2) is 10.2. The smallest absolute Gasteiger partial charge is 0.233 e. The van der Waals surface area contributed by atoms with Crippen LogP contribution in [0.1, 0.15) is 30.0 Å². The molecule has 0 saturated carbocycles. The summed E-state index contributed by atoms with van der Waals surface area (Å²) in [4.78, 5) is 15.0. The summed E-state index contributed by atoms with van der Waals surface area (Å²) in [7, 11) is 3.30. The van der Waals surface area contributed by atoms with Gasteiger partial charge in [-0.25, -0.2) is 0 Å². The van der Waals surface area contributed by atoms with Gasteiger partial charge in [0.2, 0.25) is 11.0 Å². The Morgan fingerprint density at radius 3 is 2.75 bits per heavy atom. The van der Waals surface area contributed by atoms with Crippen LogP contribution in [0.25, 0.3) is 0 Å². The molecule has 1 aliphatic heterocycles. The van der Waals surface area contributed by atoms with E-state index >= 15 is 0 Å². The molecule has 1 saturated heterocycles. The van der Waals surface area contributed by atoms with Gasteiger partial charge >= 0.3 is 0 Å². The number of nitrogens with one attached hydrogen (secondary N) is 1. The molecule has 0 unspecified atom stereocenters. The van der Waals surface area contributed by atoms with E-state index in [-0.39, 0.29) is 11.9 Å². The van der Waals surface area contributed by atoms with Crippen LogP contribution in [0, 0.1) is 6.92 Å². The maximum absolute atomic E-state index is 13.1. The molecule has 1 amide bonds. The van der Waals surface area contributed by atoms with E-state index in [0.29, 0.717) is 10.9 Å². The molecule has 3 aromatic rings. The zero-order chi connectivity index (χ0) is 22.5. The predicted molar refractivity (Wildman–Crippen MR) is 128 cm³/mol. The summed E-state index contributed by atoms with van der Waals surface area (Å²) in [6.45, 7) is 2.79. The highest BCUT2D eigenvalue weighted by molar-refractivity contribution is 8.01. The Bertz CT molecular complexity index is 1070. The van der Waals surface area contributed by atoms with Crippen molar-refractivity contribution in [3.05, 3.63) is 53.6 Å². The molecule has 2 heterocycles. The number of hydrogen-bond acceptors (Lipinski definition) is 8. The number of benzene rings is 2. The molecular formula is C23H26N4O3S2. The Labute approximate surface area is 196 Å². The molecule has 0 radical (unpaired) electrons. The van der Waals surface area contributed by atoms with Crippen LogP contribution in [0.2, 0.25) is 0 Å². The van der Waals surface area contributed by atoms with Crippen molar-refractivity contribution in [2.45, 2.75) is 30.1 Å². The van der Waals surface area contributed by atoms with Crippen molar-refractivity contribution in [1.82, 2.24) is 15.1 Å². The van der Waals surface area contributed by atoms with Crippen molar-refractivity contribution in [1.29, 1.82) is 0 Å². The van der Waals surface area contributed by atoms with Gasteiger partial charge < -0.3 is 19.7 Å². The maximum atomic E-state index is 13.1. The number of ether oxygens (including phenoxy) is 2. The first-order chi connectivity index (χ1) is 15.6. The van der Waals surface area contributed by atoms with Crippen LogP contribution in [0.4, 0.5) is 10.8 Å². The quantitative estimate of drug-likeness (QED) is 0.461. The maximum Gasteiger partial charge on any atom is 0.233 e. The van der Waals surface area contributed by atoms with Crippen LogP contribution in [-0.2, 0) is 4.79 Å². The fraction of sp³-hybridized carbons (Fsp3) is 0.348. The van der Waals surface area contributed by atoms with Gasteiger partial charge in [0, 0.05) is 17.8 Å². The third-order valence-electron chi connectivity index (χ3n) is 5.40. The second-order valence-corrected chi connectivity index (χ2v) is 9.71. The third kappa shape index (κ3) is 5.16. The number of nitrogens with zero attached hydrogens (tertiary/aromatic N) is 3. The molecule has 1 aromatic heterocycles. The number of carbonyl (C=O) groups excluding carboxylic acids is 1.